The molecule has 0 spiro atoms. The molecule has 1 N–H and O–H groups in total. The number of anilines is 2. The van der Waals surface area contributed by atoms with Gasteiger partial charge in [0.25, 0.3) is 11.9 Å². The molecule has 0 unspecified atom stereocenters. The molecule has 20 heavy (non-hydrogen) atoms. The standard InChI is InChI=1S/C14H13N3O3/c1-17(2)14-16-11-7-10(3-4-12(11)20-14)15-13(18)9-5-6-19-8-9/h3-8H,1-2H3,(H,15,18). The second-order valence-corrected chi connectivity index (χ2v) is 4.54. The first-order valence-corrected chi connectivity index (χ1v) is 6.05. The first kappa shape index (κ1) is 12.3. The summed E-state index contributed by atoms with van der Waals surface area (Å²) < 4.78 is 10.4. The minimum atomic E-state index is -0.227. The molecule has 0 aliphatic heterocycles. The highest BCUT2D eigenvalue weighted by molar-refractivity contribution is 6.04. The maximum Gasteiger partial charge on any atom is 0.297 e. The highest BCUT2D eigenvalue weighted by Crippen LogP contribution is 2.23. The molecule has 0 atom stereocenters. The lowest BCUT2D eigenvalue weighted by Gasteiger charge is -2.03. The maximum absolute atomic E-state index is 11.9. The van der Waals surface area contributed by atoms with Gasteiger partial charge in [-0.1, -0.05) is 0 Å². The molecule has 0 radical (unpaired) electrons. The number of carbonyl (C=O) groups is 1. The van der Waals surface area contributed by atoms with Crippen molar-refractivity contribution < 1.29 is 13.6 Å². The van der Waals surface area contributed by atoms with Crippen molar-refractivity contribution in [1.29, 1.82) is 0 Å². The third kappa shape index (κ3) is 2.23. The number of furan rings is 1. The summed E-state index contributed by atoms with van der Waals surface area (Å²) in [5.41, 5.74) is 2.50. The summed E-state index contributed by atoms with van der Waals surface area (Å²) >= 11 is 0. The number of rotatable bonds is 3. The van der Waals surface area contributed by atoms with E-state index in [9.17, 15) is 4.79 Å². The smallest absolute Gasteiger partial charge is 0.297 e. The van der Waals surface area contributed by atoms with Crippen LogP contribution in [0.1, 0.15) is 10.4 Å². The number of oxazole rings is 1. The predicted octanol–water partition coefficient (Wildman–Crippen LogP) is 2.74. The molecule has 2 aromatic heterocycles. The Morgan fingerprint density at radius 2 is 2.15 bits per heavy atom. The van der Waals surface area contributed by atoms with Crippen LogP contribution in [-0.4, -0.2) is 25.0 Å². The zero-order valence-electron chi connectivity index (χ0n) is 11.1. The van der Waals surface area contributed by atoms with E-state index in [-0.39, 0.29) is 5.91 Å². The summed E-state index contributed by atoms with van der Waals surface area (Å²) in [5, 5.41) is 2.78. The lowest BCUT2D eigenvalue weighted by Crippen LogP contribution is -2.10. The molecule has 0 aliphatic rings. The maximum atomic E-state index is 11.9. The number of hydrogen-bond acceptors (Lipinski definition) is 5. The summed E-state index contributed by atoms with van der Waals surface area (Å²) in [6.07, 6.45) is 2.85. The molecule has 6 nitrogen and oxygen atoms in total. The van der Waals surface area contributed by atoms with Crippen molar-refractivity contribution in [3.8, 4) is 0 Å². The fourth-order valence-electron chi connectivity index (χ4n) is 1.78. The molecule has 0 saturated heterocycles. The molecule has 2 heterocycles. The Kier molecular flexibility index (Phi) is 2.90. The van der Waals surface area contributed by atoms with Crippen LogP contribution in [-0.2, 0) is 0 Å². The summed E-state index contributed by atoms with van der Waals surface area (Å²) in [6, 6.07) is 7.45. The molecule has 6 heteroatoms. The summed E-state index contributed by atoms with van der Waals surface area (Å²) in [4.78, 5) is 18.0. The van der Waals surface area contributed by atoms with Crippen LogP contribution >= 0.6 is 0 Å². The van der Waals surface area contributed by atoms with Crippen molar-refractivity contribution in [2.24, 2.45) is 0 Å². The van der Waals surface area contributed by atoms with Gasteiger partial charge in [-0.05, 0) is 24.3 Å². The Balaban J connectivity index is 1.87. The first-order chi connectivity index (χ1) is 9.63. The van der Waals surface area contributed by atoms with Crippen molar-refractivity contribution in [2.45, 2.75) is 0 Å². The van der Waals surface area contributed by atoms with Crippen LogP contribution in [0.15, 0.2) is 45.6 Å². The van der Waals surface area contributed by atoms with Gasteiger partial charge in [0.2, 0.25) is 0 Å². The van der Waals surface area contributed by atoms with Gasteiger partial charge in [-0.25, -0.2) is 0 Å². The van der Waals surface area contributed by atoms with Gasteiger partial charge < -0.3 is 19.1 Å². The topological polar surface area (TPSA) is 71.5 Å². The van der Waals surface area contributed by atoms with E-state index in [0.29, 0.717) is 28.4 Å². The molecule has 1 amide bonds. The van der Waals surface area contributed by atoms with Crippen LogP contribution in [0.5, 0.6) is 0 Å². The third-order valence-electron chi connectivity index (χ3n) is 2.80. The van der Waals surface area contributed by atoms with Crippen molar-refractivity contribution in [3.63, 3.8) is 0 Å². The molecule has 1 aromatic carbocycles. The summed E-state index contributed by atoms with van der Waals surface area (Å²) in [6.45, 7) is 0. The fraction of sp³-hybridized carbons (Fsp3) is 0.143. The van der Waals surface area contributed by atoms with Crippen LogP contribution in [0.2, 0.25) is 0 Å². The van der Waals surface area contributed by atoms with Crippen LogP contribution in [0.25, 0.3) is 11.1 Å². The molecule has 0 fully saturated rings. The van der Waals surface area contributed by atoms with E-state index in [1.165, 1.54) is 12.5 Å². The minimum absolute atomic E-state index is 0.227. The van der Waals surface area contributed by atoms with Gasteiger partial charge in [-0.3, -0.25) is 4.79 Å². The van der Waals surface area contributed by atoms with Crippen molar-refractivity contribution in [2.75, 3.05) is 24.3 Å². The highest BCUT2D eigenvalue weighted by Gasteiger charge is 2.10. The lowest BCUT2D eigenvalue weighted by atomic mass is 10.2. The van der Waals surface area contributed by atoms with E-state index < -0.39 is 0 Å². The second kappa shape index (κ2) is 4.73. The van der Waals surface area contributed by atoms with Gasteiger partial charge in [0.15, 0.2) is 5.58 Å². The number of fused-ring (bicyclic) bond motifs is 1. The van der Waals surface area contributed by atoms with E-state index in [4.69, 9.17) is 8.83 Å². The molecule has 0 saturated carbocycles. The number of nitrogens with one attached hydrogen (secondary N) is 1. The largest absolute Gasteiger partial charge is 0.472 e. The quantitative estimate of drug-likeness (QED) is 0.793. The van der Waals surface area contributed by atoms with Gasteiger partial charge in [0.1, 0.15) is 11.8 Å². The number of nitrogens with zero attached hydrogens (tertiary/aromatic N) is 2. The Hall–Kier alpha value is -2.76. The van der Waals surface area contributed by atoms with E-state index in [0.717, 1.165) is 0 Å². The Bertz CT molecular complexity index is 744. The average molecular weight is 271 g/mol. The Morgan fingerprint density at radius 1 is 1.30 bits per heavy atom. The fourth-order valence-corrected chi connectivity index (χ4v) is 1.78. The van der Waals surface area contributed by atoms with Gasteiger partial charge in [-0.2, -0.15) is 4.98 Å². The third-order valence-corrected chi connectivity index (χ3v) is 2.80. The summed E-state index contributed by atoms with van der Waals surface area (Å²) in [5.74, 6) is -0.227. The second-order valence-electron chi connectivity index (χ2n) is 4.54. The number of benzene rings is 1. The SMILES string of the molecule is CN(C)c1nc2cc(NC(=O)c3ccoc3)ccc2o1. The molecule has 102 valence electrons. The molecule has 0 aliphatic carbocycles. The van der Waals surface area contributed by atoms with Crippen molar-refractivity contribution in [1.82, 2.24) is 4.98 Å². The highest BCUT2D eigenvalue weighted by atomic mass is 16.4. The van der Waals surface area contributed by atoms with Gasteiger partial charge in [-0.15, -0.1) is 0 Å². The van der Waals surface area contributed by atoms with Crippen LogP contribution in [0.3, 0.4) is 0 Å². The number of carbonyl (C=O) groups excluding carboxylic acids is 1. The number of amides is 1. The van der Waals surface area contributed by atoms with Crippen LogP contribution < -0.4 is 10.2 Å². The van der Waals surface area contributed by atoms with Crippen molar-refractivity contribution in [3.05, 3.63) is 42.4 Å². The van der Waals surface area contributed by atoms with Crippen molar-refractivity contribution >= 4 is 28.7 Å². The predicted molar refractivity (Wildman–Crippen MR) is 75.0 cm³/mol. The minimum Gasteiger partial charge on any atom is -0.472 e. The normalized spacial score (nSPS) is 10.7. The van der Waals surface area contributed by atoms with Crippen LogP contribution in [0.4, 0.5) is 11.7 Å². The zero-order chi connectivity index (χ0) is 14.1. The average Bonchev–Trinajstić information content (AvgIpc) is 3.07. The Morgan fingerprint density at radius 3 is 2.85 bits per heavy atom. The molecule has 3 aromatic rings. The molecular weight excluding hydrogens is 258 g/mol. The molecule has 3 rings (SSSR count). The summed E-state index contributed by atoms with van der Waals surface area (Å²) in [7, 11) is 3.71. The zero-order valence-corrected chi connectivity index (χ0v) is 11.1. The monoisotopic (exact) mass is 271 g/mol. The Labute approximate surface area is 115 Å². The lowest BCUT2D eigenvalue weighted by molar-refractivity contribution is 0.102. The van der Waals surface area contributed by atoms with E-state index in [2.05, 4.69) is 10.3 Å². The van der Waals surface area contributed by atoms with E-state index >= 15 is 0 Å². The number of hydrogen-bond donors (Lipinski definition) is 1. The van der Waals surface area contributed by atoms with E-state index in [1.807, 2.05) is 14.1 Å². The number of aromatic nitrogens is 1. The van der Waals surface area contributed by atoms with Gasteiger partial charge in [0.05, 0.1) is 11.8 Å². The van der Waals surface area contributed by atoms with E-state index in [1.54, 1.807) is 29.2 Å². The van der Waals surface area contributed by atoms with Gasteiger partial charge in [0, 0.05) is 19.8 Å². The molecular formula is C14H13N3O3. The first-order valence-electron chi connectivity index (χ1n) is 6.05. The van der Waals surface area contributed by atoms with Crippen LogP contribution in [0, 0.1) is 0 Å². The molecule has 0 bridgehead atoms. The van der Waals surface area contributed by atoms with Gasteiger partial charge >= 0.3 is 0 Å².